The summed E-state index contributed by atoms with van der Waals surface area (Å²) in [5, 5.41) is 12.8. The van der Waals surface area contributed by atoms with Crippen molar-refractivity contribution in [2.75, 3.05) is 17.7 Å². The van der Waals surface area contributed by atoms with E-state index in [9.17, 15) is 4.79 Å². The van der Waals surface area contributed by atoms with Gasteiger partial charge >= 0.3 is 0 Å². The molecule has 0 N–H and O–H groups in total. The van der Waals surface area contributed by atoms with Crippen LogP contribution in [0.5, 0.6) is 0 Å². The molecule has 1 aliphatic carbocycles. The van der Waals surface area contributed by atoms with Crippen LogP contribution in [0.15, 0.2) is 59.8 Å². The molecule has 1 fully saturated rings. The van der Waals surface area contributed by atoms with E-state index in [0.29, 0.717) is 11.8 Å². The number of para-hydroxylation sites is 1. The molecule has 1 heterocycles. The summed E-state index contributed by atoms with van der Waals surface area (Å²) in [6.45, 7) is 0. The van der Waals surface area contributed by atoms with Crippen molar-refractivity contribution in [1.29, 1.82) is 0 Å². The van der Waals surface area contributed by atoms with Crippen molar-refractivity contribution >= 4 is 23.4 Å². The molecule has 1 amide bonds. The van der Waals surface area contributed by atoms with Crippen LogP contribution in [0.2, 0.25) is 0 Å². The van der Waals surface area contributed by atoms with Crippen molar-refractivity contribution < 1.29 is 4.79 Å². The second kappa shape index (κ2) is 8.56. The van der Waals surface area contributed by atoms with E-state index in [2.05, 4.69) is 27.7 Å². The lowest BCUT2D eigenvalue weighted by atomic mass is 10.0. The van der Waals surface area contributed by atoms with E-state index in [1.165, 1.54) is 24.6 Å². The number of carbonyl (C=O) groups is 1. The number of hydrogen-bond acceptors (Lipinski definition) is 5. The summed E-state index contributed by atoms with van der Waals surface area (Å²) >= 11 is 1.41. The zero-order chi connectivity index (χ0) is 19.3. The fourth-order valence-electron chi connectivity index (χ4n) is 3.64. The first-order valence-electron chi connectivity index (χ1n) is 9.55. The molecule has 3 aromatic rings. The highest BCUT2D eigenvalue weighted by atomic mass is 32.2. The quantitative estimate of drug-likeness (QED) is 0.587. The second-order valence-electron chi connectivity index (χ2n) is 6.97. The fraction of sp³-hybridized carbons (Fsp3) is 0.333. The lowest BCUT2D eigenvalue weighted by Gasteiger charge is -2.21. The summed E-state index contributed by atoms with van der Waals surface area (Å²) in [5.41, 5.74) is 3.03. The molecular weight excluding hydrogens is 370 g/mol. The monoisotopic (exact) mass is 393 g/mol. The Kier molecular flexibility index (Phi) is 5.71. The minimum atomic E-state index is 0.0225. The van der Waals surface area contributed by atoms with E-state index in [0.717, 1.165) is 34.8 Å². The zero-order valence-electron chi connectivity index (χ0n) is 15.9. The summed E-state index contributed by atoms with van der Waals surface area (Å²) < 4.78 is 1.89. The third kappa shape index (κ3) is 3.94. The normalized spacial score (nSPS) is 14.3. The molecule has 0 atom stereocenters. The number of tetrazole rings is 1. The first kappa shape index (κ1) is 18.7. The minimum Gasteiger partial charge on any atom is -0.314 e. The number of nitrogens with zero attached hydrogens (tertiary/aromatic N) is 5. The molecule has 0 unspecified atom stereocenters. The smallest absolute Gasteiger partial charge is 0.237 e. The van der Waals surface area contributed by atoms with E-state index in [1.54, 1.807) is 4.90 Å². The standard InChI is InChI=1S/C21H23N5OS/c1-25(19-14-8-7-13-18(19)16-9-3-2-4-10-16)20(27)15-28-21-22-23-24-26(21)17-11-5-6-12-17/h2-4,7-10,13-14,17H,5-6,11-12,15H2,1H3. The van der Waals surface area contributed by atoms with Crippen molar-refractivity contribution in [3.05, 3.63) is 54.6 Å². The molecule has 0 bridgehead atoms. The molecule has 0 saturated heterocycles. The SMILES string of the molecule is CN(C(=O)CSc1nnnn1C1CCCC1)c1ccccc1-c1ccccc1. The van der Waals surface area contributed by atoms with Crippen LogP contribution in [0.25, 0.3) is 11.1 Å². The molecule has 0 radical (unpaired) electrons. The molecular formula is C21H23N5OS. The Labute approximate surface area is 168 Å². The van der Waals surface area contributed by atoms with E-state index >= 15 is 0 Å². The van der Waals surface area contributed by atoms with Crippen LogP contribution < -0.4 is 4.90 Å². The van der Waals surface area contributed by atoms with Crippen LogP contribution in [0.3, 0.4) is 0 Å². The van der Waals surface area contributed by atoms with Crippen LogP contribution in [-0.4, -0.2) is 38.9 Å². The van der Waals surface area contributed by atoms with Gasteiger partial charge in [0.1, 0.15) is 0 Å². The average molecular weight is 394 g/mol. The molecule has 1 saturated carbocycles. The van der Waals surface area contributed by atoms with E-state index in [1.807, 2.05) is 54.2 Å². The van der Waals surface area contributed by atoms with E-state index in [4.69, 9.17) is 0 Å². The average Bonchev–Trinajstić information content (AvgIpc) is 3.43. The minimum absolute atomic E-state index is 0.0225. The Morgan fingerprint density at radius 2 is 1.82 bits per heavy atom. The number of anilines is 1. The van der Waals surface area contributed by atoms with Gasteiger partial charge in [-0.05, 0) is 34.9 Å². The van der Waals surface area contributed by atoms with Gasteiger partial charge in [0, 0.05) is 12.6 Å². The van der Waals surface area contributed by atoms with Gasteiger partial charge in [0.2, 0.25) is 11.1 Å². The van der Waals surface area contributed by atoms with Crippen molar-refractivity contribution in [3.8, 4) is 11.1 Å². The largest absolute Gasteiger partial charge is 0.314 e. The van der Waals surface area contributed by atoms with Gasteiger partial charge in [-0.3, -0.25) is 4.79 Å². The summed E-state index contributed by atoms with van der Waals surface area (Å²) in [6.07, 6.45) is 4.65. The number of amides is 1. The molecule has 0 aliphatic heterocycles. The van der Waals surface area contributed by atoms with Crippen molar-refractivity contribution in [3.63, 3.8) is 0 Å². The summed E-state index contributed by atoms with van der Waals surface area (Å²) in [6, 6.07) is 18.5. The number of thioether (sulfide) groups is 1. The van der Waals surface area contributed by atoms with Gasteiger partial charge in [0.05, 0.1) is 17.5 Å². The lowest BCUT2D eigenvalue weighted by Crippen LogP contribution is -2.28. The van der Waals surface area contributed by atoms with Gasteiger partial charge < -0.3 is 4.90 Å². The predicted octanol–water partition coefficient (Wildman–Crippen LogP) is 4.21. The van der Waals surface area contributed by atoms with Crippen LogP contribution in [0.1, 0.15) is 31.7 Å². The van der Waals surface area contributed by atoms with Crippen molar-refractivity contribution in [2.45, 2.75) is 36.9 Å². The van der Waals surface area contributed by atoms with Crippen LogP contribution >= 0.6 is 11.8 Å². The van der Waals surface area contributed by atoms with Crippen molar-refractivity contribution in [1.82, 2.24) is 20.2 Å². The molecule has 1 aromatic heterocycles. The van der Waals surface area contributed by atoms with Gasteiger partial charge in [0.15, 0.2) is 0 Å². The second-order valence-corrected chi connectivity index (χ2v) is 7.91. The Balaban J connectivity index is 1.47. The number of carbonyl (C=O) groups excluding carboxylic acids is 1. The topological polar surface area (TPSA) is 63.9 Å². The summed E-state index contributed by atoms with van der Waals surface area (Å²) in [4.78, 5) is 14.6. The van der Waals surface area contributed by atoms with Crippen molar-refractivity contribution in [2.24, 2.45) is 0 Å². The van der Waals surface area contributed by atoms with E-state index in [-0.39, 0.29) is 5.91 Å². The molecule has 6 nitrogen and oxygen atoms in total. The number of benzene rings is 2. The summed E-state index contributed by atoms with van der Waals surface area (Å²) in [5.74, 6) is 0.321. The fourth-order valence-corrected chi connectivity index (χ4v) is 4.50. The molecule has 1 aliphatic rings. The Morgan fingerprint density at radius 3 is 2.61 bits per heavy atom. The maximum Gasteiger partial charge on any atom is 0.237 e. The van der Waals surface area contributed by atoms with Crippen LogP contribution in [-0.2, 0) is 4.79 Å². The maximum absolute atomic E-state index is 12.9. The highest BCUT2D eigenvalue weighted by Crippen LogP contribution is 2.33. The van der Waals surface area contributed by atoms with Crippen LogP contribution in [0.4, 0.5) is 5.69 Å². The Bertz CT molecular complexity index is 937. The molecule has 2 aromatic carbocycles. The van der Waals surface area contributed by atoms with Gasteiger partial charge in [-0.2, -0.15) is 0 Å². The lowest BCUT2D eigenvalue weighted by molar-refractivity contribution is -0.115. The number of rotatable bonds is 6. The highest BCUT2D eigenvalue weighted by molar-refractivity contribution is 7.99. The molecule has 7 heteroatoms. The molecule has 28 heavy (non-hydrogen) atoms. The first-order valence-corrected chi connectivity index (χ1v) is 10.5. The van der Waals surface area contributed by atoms with Gasteiger partial charge in [0.25, 0.3) is 0 Å². The summed E-state index contributed by atoms with van der Waals surface area (Å²) in [7, 11) is 1.82. The highest BCUT2D eigenvalue weighted by Gasteiger charge is 2.23. The Morgan fingerprint density at radius 1 is 1.11 bits per heavy atom. The zero-order valence-corrected chi connectivity index (χ0v) is 16.7. The van der Waals surface area contributed by atoms with Gasteiger partial charge in [-0.25, -0.2) is 4.68 Å². The van der Waals surface area contributed by atoms with E-state index < -0.39 is 0 Å². The van der Waals surface area contributed by atoms with Gasteiger partial charge in [-0.1, -0.05) is 73.1 Å². The third-order valence-electron chi connectivity index (χ3n) is 5.18. The predicted molar refractivity (Wildman–Crippen MR) is 111 cm³/mol. The Hall–Kier alpha value is -2.67. The molecule has 4 rings (SSSR count). The molecule has 144 valence electrons. The van der Waals surface area contributed by atoms with Gasteiger partial charge in [-0.15, -0.1) is 5.10 Å². The number of aromatic nitrogens is 4. The third-order valence-corrected chi connectivity index (χ3v) is 6.10. The van der Waals surface area contributed by atoms with Crippen LogP contribution in [0, 0.1) is 0 Å². The first-order chi connectivity index (χ1) is 13.7. The maximum atomic E-state index is 12.9. The number of hydrogen-bond donors (Lipinski definition) is 0. The molecule has 0 spiro atoms.